The number of nitrogens with zero attached hydrogens (tertiary/aromatic N) is 4. The molecule has 0 aliphatic carbocycles. The summed E-state index contributed by atoms with van der Waals surface area (Å²) in [5, 5.41) is 4.47. The van der Waals surface area contributed by atoms with Gasteiger partial charge in [0, 0.05) is 24.0 Å². The maximum Gasteiger partial charge on any atom is 0.171 e. The molecule has 0 N–H and O–H groups in total. The lowest BCUT2D eigenvalue weighted by Crippen LogP contribution is -2.12. The average Bonchev–Trinajstić information content (AvgIpc) is 2.67. The number of aromatic nitrogens is 4. The molecule has 78 valence electrons. The Balaban J connectivity index is 2.37. The molecular weight excluding hydrogens is 188 g/mol. The van der Waals surface area contributed by atoms with E-state index in [0.717, 1.165) is 11.5 Å². The maximum absolute atomic E-state index is 4.47. The van der Waals surface area contributed by atoms with Crippen LogP contribution in [0, 0.1) is 0 Å². The second-order valence-corrected chi connectivity index (χ2v) is 4.46. The largest absolute Gasteiger partial charge is 0.259 e. The molecule has 2 rings (SSSR count). The van der Waals surface area contributed by atoms with Crippen molar-refractivity contribution >= 4 is 0 Å². The van der Waals surface area contributed by atoms with Gasteiger partial charge in [-0.05, 0) is 6.07 Å². The zero-order chi connectivity index (χ0) is 10.9. The zero-order valence-electron chi connectivity index (χ0n) is 9.18. The minimum atomic E-state index is 0.0630. The summed E-state index contributed by atoms with van der Waals surface area (Å²) in [5.41, 5.74) is 1.11. The van der Waals surface area contributed by atoms with E-state index in [-0.39, 0.29) is 5.41 Å². The molecule has 4 heteroatoms. The lowest BCUT2D eigenvalue weighted by Gasteiger charge is -2.14. The van der Waals surface area contributed by atoms with Gasteiger partial charge in [0.2, 0.25) is 0 Å². The van der Waals surface area contributed by atoms with Crippen LogP contribution in [0.2, 0.25) is 0 Å². The highest BCUT2D eigenvalue weighted by atomic mass is 15.3. The van der Waals surface area contributed by atoms with Gasteiger partial charge in [-0.3, -0.25) is 4.98 Å². The highest BCUT2D eigenvalue weighted by Gasteiger charge is 2.17. The lowest BCUT2D eigenvalue weighted by atomic mass is 9.93. The molecule has 15 heavy (non-hydrogen) atoms. The quantitative estimate of drug-likeness (QED) is 0.710. The molecule has 0 unspecified atom stereocenters. The third-order valence-electron chi connectivity index (χ3n) is 2.14. The fourth-order valence-electron chi connectivity index (χ4n) is 1.26. The van der Waals surface area contributed by atoms with Crippen LogP contribution >= 0.6 is 0 Å². The summed E-state index contributed by atoms with van der Waals surface area (Å²) in [7, 11) is 0. The Bertz CT molecular complexity index is 439. The molecule has 0 spiro atoms. The highest BCUT2D eigenvalue weighted by molar-refractivity contribution is 5.19. The van der Waals surface area contributed by atoms with Gasteiger partial charge in [0.1, 0.15) is 0 Å². The van der Waals surface area contributed by atoms with E-state index in [1.165, 1.54) is 0 Å². The van der Waals surface area contributed by atoms with Crippen LogP contribution in [0.25, 0.3) is 5.82 Å². The molecule has 0 aliphatic rings. The van der Waals surface area contributed by atoms with Crippen LogP contribution in [0.3, 0.4) is 0 Å². The van der Waals surface area contributed by atoms with Crippen molar-refractivity contribution in [2.24, 2.45) is 0 Å². The van der Waals surface area contributed by atoms with Crippen molar-refractivity contribution < 1.29 is 0 Å². The topological polar surface area (TPSA) is 43.6 Å². The maximum atomic E-state index is 4.47. The summed E-state index contributed by atoms with van der Waals surface area (Å²) >= 11 is 0. The molecule has 2 heterocycles. The van der Waals surface area contributed by atoms with Crippen LogP contribution in [0.1, 0.15) is 26.5 Å². The Hall–Kier alpha value is -1.71. The van der Waals surface area contributed by atoms with Crippen LogP contribution in [0.4, 0.5) is 0 Å². The van der Waals surface area contributed by atoms with Gasteiger partial charge in [0.05, 0.1) is 11.9 Å². The normalized spacial score (nSPS) is 11.7. The van der Waals surface area contributed by atoms with Crippen molar-refractivity contribution in [1.82, 2.24) is 19.7 Å². The van der Waals surface area contributed by atoms with E-state index in [9.17, 15) is 0 Å². The van der Waals surface area contributed by atoms with Crippen molar-refractivity contribution in [2.75, 3.05) is 0 Å². The first kappa shape index (κ1) is 9.83. The number of hydrogen-bond donors (Lipinski definition) is 0. The van der Waals surface area contributed by atoms with E-state index in [1.54, 1.807) is 23.3 Å². The molecule has 0 aromatic carbocycles. The predicted octanol–water partition coefficient (Wildman–Crippen LogP) is 1.96. The molecule has 0 saturated heterocycles. The van der Waals surface area contributed by atoms with E-state index in [0.29, 0.717) is 0 Å². The van der Waals surface area contributed by atoms with E-state index < -0.39 is 0 Å². The second-order valence-electron chi connectivity index (χ2n) is 4.46. The molecule has 0 fully saturated rings. The molecule has 0 aliphatic heterocycles. The van der Waals surface area contributed by atoms with Crippen LogP contribution in [0.5, 0.6) is 0 Å². The lowest BCUT2D eigenvalue weighted by molar-refractivity contribution is 0.559. The predicted molar refractivity (Wildman–Crippen MR) is 57.9 cm³/mol. The Kier molecular flexibility index (Phi) is 2.26. The molecule has 0 radical (unpaired) electrons. The summed E-state index contributed by atoms with van der Waals surface area (Å²) in [6, 6.07) is 2.01. The van der Waals surface area contributed by atoms with Crippen LogP contribution in [0.15, 0.2) is 30.9 Å². The van der Waals surface area contributed by atoms with Gasteiger partial charge in [-0.2, -0.15) is 5.10 Å². The van der Waals surface area contributed by atoms with E-state index in [1.807, 2.05) is 12.3 Å². The Morgan fingerprint density at radius 2 is 2.00 bits per heavy atom. The molecule has 2 aromatic rings. The van der Waals surface area contributed by atoms with Gasteiger partial charge in [-0.25, -0.2) is 9.67 Å². The SMILES string of the molecule is CC(C)(C)c1ccn(-c2cnccn2)n1. The summed E-state index contributed by atoms with van der Waals surface area (Å²) in [4.78, 5) is 8.19. The minimum Gasteiger partial charge on any atom is -0.259 e. The second kappa shape index (κ2) is 3.46. The van der Waals surface area contributed by atoms with Gasteiger partial charge in [-0.15, -0.1) is 0 Å². The van der Waals surface area contributed by atoms with E-state index in [4.69, 9.17) is 0 Å². The molecule has 0 bridgehead atoms. The Labute approximate surface area is 89.0 Å². The first-order valence-corrected chi connectivity index (χ1v) is 4.90. The van der Waals surface area contributed by atoms with Crippen molar-refractivity contribution in [3.8, 4) is 5.82 Å². The molecule has 2 aromatic heterocycles. The molecule has 4 nitrogen and oxygen atoms in total. The Morgan fingerprint density at radius 3 is 2.53 bits per heavy atom. The van der Waals surface area contributed by atoms with Gasteiger partial charge >= 0.3 is 0 Å². The van der Waals surface area contributed by atoms with Crippen molar-refractivity contribution in [2.45, 2.75) is 26.2 Å². The van der Waals surface area contributed by atoms with Crippen molar-refractivity contribution in [1.29, 1.82) is 0 Å². The van der Waals surface area contributed by atoms with E-state index in [2.05, 4.69) is 35.8 Å². The van der Waals surface area contributed by atoms with Gasteiger partial charge in [0.25, 0.3) is 0 Å². The van der Waals surface area contributed by atoms with Crippen molar-refractivity contribution in [3.05, 3.63) is 36.5 Å². The van der Waals surface area contributed by atoms with Crippen LogP contribution in [-0.2, 0) is 5.41 Å². The minimum absolute atomic E-state index is 0.0630. The molecule has 0 saturated carbocycles. The highest BCUT2D eigenvalue weighted by Crippen LogP contribution is 2.20. The zero-order valence-corrected chi connectivity index (χ0v) is 9.18. The summed E-state index contributed by atoms with van der Waals surface area (Å²) in [6.45, 7) is 6.41. The van der Waals surface area contributed by atoms with Crippen LogP contribution in [-0.4, -0.2) is 19.7 Å². The molecule has 0 amide bonds. The summed E-state index contributed by atoms with van der Waals surface area (Å²) in [6.07, 6.45) is 6.91. The monoisotopic (exact) mass is 202 g/mol. The Morgan fingerprint density at radius 1 is 1.20 bits per heavy atom. The van der Waals surface area contributed by atoms with E-state index >= 15 is 0 Å². The number of hydrogen-bond acceptors (Lipinski definition) is 3. The fraction of sp³-hybridized carbons (Fsp3) is 0.364. The number of rotatable bonds is 1. The third kappa shape index (κ3) is 2.03. The standard InChI is InChI=1S/C11H14N4/c1-11(2,3)9-4-7-15(14-9)10-8-12-5-6-13-10/h4-8H,1-3H3. The third-order valence-corrected chi connectivity index (χ3v) is 2.14. The first-order valence-electron chi connectivity index (χ1n) is 4.90. The summed E-state index contributed by atoms with van der Waals surface area (Å²) in [5.74, 6) is 0.744. The van der Waals surface area contributed by atoms with Gasteiger partial charge < -0.3 is 0 Å². The van der Waals surface area contributed by atoms with Crippen molar-refractivity contribution in [3.63, 3.8) is 0 Å². The molecule has 0 atom stereocenters. The average molecular weight is 202 g/mol. The van der Waals surface area contributed by atoms with Gasteiger partial charge in [0.15, 0.2) is 5.82 Å². The first-order chi connectivity index (χ1) is 7.07. The smallest absolute Gasteiger partial charge is 0.171 e. The van der Waals surface area contributed by atoms with Crippen LogP contribution < -0.4 is 0 Å². The fourth-order valence-corrected chi connectivity index (χ4v) is 1.26. The summed E-state index contributed by atoms with van der Waals surface area (Å²) < 4.78 is 1.74. The molecular formula is C11H14N4. The van der Waals surface area contributed by atoms with Gasteiger partial charge in [-0.1, -0.05) is 20.8 Å².